The number of urea groups is 1. The van der Waals surface area contributed by atoms with Crippen LogP contribution in [0.25, 0.3) is 11.1 Å². The van der Waals surface area contributed by atoms with Crippen LogP contribution in [0.3, 0.4) is 0 Å². The SMILES string of the molecule is Cc1nc2ccc(NC(=O)N(C)CCC(=O)O)cc2o1. The largest absolute Gasteiger partial charge is 0.481 e. The van der Waals surface area contributed by atoms with Crippen molar-refractivity contribution in [2.75, 3.05) is 18.9 Å². The van der Waals surface area contributed by atoms with Crippen LogP contribution in [-0.4, -0.2) is 40.6 Å². The van der Waals surface area contributed by atoms with Gasteiger partial charge in [0.1, 0.15) is 5.52 Å². The first kappa shape index (κ1) is 13.9. The molecule has 0 radical (unpaired) electrons. The number of hydrogen-bond donors (Lipinski definition) is 2. The second-order valence-electron chi connectivity index (χ2n) is 4.41. The van der Waals surface area contributed by atoms with Crippen molar-refractivity contribution in [1.29, 1.82) is 0 Å². The molecule has 106 valence electrons. The van der Waals surface area contributed by atoms with Crippen molar-refractivity contribution in [2.45, 2.75) is 13.3 Å². The van der Waals surface area contributed by atoms with Gasteiger partial charge < -0.3 is 19.7 Å². The molecule has 20 heavy (non-hydrogen) atoms. The van der Waals surface area contributed by atoms with E-state index in [0.29, 0.717) is 17.2 Å². The number of benzene rings is 1. The average molecular weight is 277 g/mol. The van der Waals surface area contributed by atoms with E-state index in [2.05, 4.69) is 10.3 Å². The second kappa shape index (κ2) is 5.60. The van der Waals surface area contributed by atoms with Gasteiger partial charge in [0.05, 0.1) is 6.42 Å². The van der Waals surface area contributed by atoms with Gasteiger partial charge in [-0.25, -0.2) is 9.78 Å². The summed E-state index contributed by atoms with van der Waals surface area (Å²) in [4.78, 5) is 27.8. The van der Waals surface area contributed by atoms with Gasteiger partial charge in [0, 0.05) is 32.3 Å². The number of nitrogens with zero attached hydrogens (tertiary/aromatic N) is 2. The molecule has 0 saturated carbocycles. The van der Waals surface area contributed by atoms with Crippen molar-refractivity contribution < 1.29 is 19.1 Å². The summed E-state index contributed by atoms with van der Waals surface area (Å²) in [7, 11) is 1.54. The molecule has 0 atom stereocenters. The summed E-state index contributed by atoms with van der Waals surface area (Å²) in [6.07, 6.45) is -0.0930. The van der Waals surface area contributed by atoms with Crippen LogP contribution in [-0.2, 0) is 4.79 Å². The lowest BCUT2D eigenvalue weighted by Gasteiger charge is -2.16. The molecule has 1 heterocycles. The summed E-state index contributed by atoms with van der Waals surface area (Å²) >= 11 is 0. The summed E-state index contributed by atoms with van der Waals surface area (Å²) in [6, 6.07) is 4.77. The van der Waals surface area contributed by atoms with Gasteiger partial charge in [-0.15, -0.1) is 0 Å². The molecule has 2 N–H and O–H groups in total. The van der Waals surface area contributed by atoms with Crippen molar-refractivity contribution >= 4 is 28.8 Å². The third kappa shape index (κ3) is 3.25. The lowest BCUT2D eigenvalue weighted by atomic mass is 10.3. The maximum absolute atomic E-state index is 11.8. The standard InChI is InChI=1S/C13H15N3O4/c1-8-14-10-4-3-9(7-11(10)20-8)15-13(19)16(2)6-5-12(17)18/h3-4,7H,5-6H2,1-2H3,(H,15,19)(H,17,18). The summed E-state index contributed by atoms with van der Waals surface area (Å²) in [5, 5.41) is 11.2. The molecule has 0 aliphatic rings. The summed E-state index contributed by atoms with van der Waals surface area (Å²) in [5.74, 6) is -0.384. The minimum absolute atomic E-state index is 0.0930. The number of carboxylic acids is 1. The summed E-state index contributed by atoms with van der Waals surface area (Å²) in [5.41, 5.74) is 1.88. The maximum Gasteiger partial charge on any atom is 0.321 e. The first-order valence-electron chi connectivity index (χ1n) is 6.07. The normalized spacial score (nSPS) is 10.5. The highest BCUT2D eigenvalue weighted by Crippen LogP contribution is 2.19. The van der Waals surface area contributed by atoms with Crippen molar-refractivity contribution in [1.82, 2.24) is 9.88 Å². The highest BCUT2D eigenvalue weighted by molar-refractivity contribution is 5.91. The van der Waals surface area contributed by atoms with Crippen LogP contribution in [0.2, 0.25) is 0 Å². The van der Waals surface area contributed by atoms with E-state index in [1.807, 2.05) is 0 Å². The third-order valence-corrected chi connectivity index (χ3v) is 2.75. The predicted octanol–water partition coefficient (Wildman–Crippen LogP) is 2.07. The van der Waals surface area contributed by atoms with Gasteiger partial charge in [0.15, 0.2) is 11.5 Å². The Morgan fingerprint density at radius 2 is 2.20 bits per heavy atom. The Morgan fingerprint density at radius 3 is 2.90 bits per heavy atom. The number of aryl methyl sites for hydroxylation is 1. The first-order chi connectivity index (χ1) is 9.45. The first-order valence-corrected chi connectivity index (χ1v) is 6.07. The Morgan fingerprint density at radius 1 is 1.45 bits per heavy atom. The van der Waals surface area contributed by atoms with E-state index >= 15 is 0 Å². The van der Waals surface area contributed by atoms with Crippen molar-refractivity contribution in [2.24, 2.45) is 0 Å². The number of hydrogen-bond acceptors (Lipinski definition) is 4. The van der Waals surface area contributed by atoms with Crippen molar-refractivity contribution in [3.8, 4) is 0 Å². The van der Waals surface area contributed by atoms with E-state index in [-0.39, 0.29) is 19.0 Å². The van der Waals surface area contributed by atoms with Crippen LogP contribution in [0.5, 0.6) is 0 Å². The summed E-state index contributed by atoms with van der Waals surface area (Å²) in [6.45, 7) is 1.89. The molecule has 0 unspecified atom stereocenters. The molecule has 0 saturated heterocycles. The zero-order valence-corrected chi connectivity index (χ0v) is 11.2. The fourth-order valence-corrected chi connectivity index (χ4v) is 1.70. The Bertz CT molecular complexity index is 650. The van der Waals surface area contributed by atoms with Crippen LogP contribution < -0.4 is 5.32 Å². The molecular weight excluding hydrogens is 262 g/mol. The maximum atomic E-state index is 11.8. The number of aliphatic carboxylic acids is 1. The van der Waals surface area contributed by atoms with Gasteiger partial charge in [0.2, 0.25) is 0 Å². The van der Waals surface area contributed by atoms with E-state index in [0.717, 1.165) is 5.52 Å². The number of fused-ring (bicyclic) bond motifs is 1. The fourth-order valence-electron chi connectivity index (χ4n) is 1.70. The quantitative estimate of drug-likeness (QED) is 0.891. The van der Waals surface area contributed by atoms with Crippen LogP contribution in [0, 0.1) is 6.92 Å². The number of amides is 2. The Kier molecular flexibility index (Phi) is 3.88. The van der Waals surface area contributed by atoms with E-state index < -0.39 is 5.97 Å². The zero-order chi connectivity index (χ0) is 14.7. The molecule has 1 aromatic carbocycles. The molecule has 0 bridgehead atoms. The molecule has 1 aromatic heterocycles. The molecule has 2 rings (SSSR count). The van der Waals surface area contributed by atoms with Gasteiger partial charge in [-0.05, 0) is 12.1 Å². The van der Waals surface area contributed by atoms with Crippen LogP contribution in [0.1, 0.15) is 12.3 Å². The zero-order valence-electron chi connectivity index (χ0n) is 11.2. The molecule has 7 heteroatoms. The molecule has 2 amide bonds. The van der Waals surface area contributed by atoms with E-state index in [9.17, 15) is 9.59 Å². The number of aromatic nitrogens is 1. The molecule has 0 spiro atoms. The van der Waals surface area contributed by atoms with Crippen LogP contribution in [0.4, 0.5) is 10.5 Å². The van der Waals surface area contributed by atoms with Gasteiger partial charge in [-0.1, -0.05) is 0 Å². The minimum Gasteiger partial charge on any atom is -0.481 e. The smallest absolute Gasteiger partial charge is 0.321 e. The van der Waals surface area contributed by atoms with Gasteiger partial charge in [0.25, 0.3) is 0 Å². The molecule has 0 aliphatic heterocycles. The molecular formula is C13H15N3O4. The monoisotopic (exact) mass is 277 g/mol. The summed E-state index contributed by atoms with van der Waals surface area (Å²) < 4.78 is 5.38. The highest BCUT2D eigenvalue weighted by Gasteiger charge is 2.11. The topological polar surface area (TPSA) is 95.7 Å². The van der Waals surface area contributed by atoms with Crippen LogP contribution in [0.15, 0.2) is 22.6 Å². The number of carbonyl (C=O) groups excluding carboxylic acids is 1. The Balaban J connectivity index is 2.03. The number of oxazole rings is 1. The third-order valence-electron chi connectivity index (χ3n) is 2.75. The van der Waals surface area contributed by atoms with Crippen LogP contribution >= 0.6 is 0 Å². The van der Waals surface area contributed by atoms with Gasteiger partial charge in [-0.3, -0.25) is 4.79 Å². The van der Waals surface area contributed by atoms with Gasteiger partial charge >= 0.3 is 12.0 Å². The van der Waals surface area contributed by atoms with E-state index in [1.165, 1.54) is 11.9 Å². The van der Waals surface area contributed by atoms with E-state index in [4.69, 9.17) is 9.52 Å². The fraction of sp³-hybridized carbons (Fsp3) is 0.308. The van der Waals surface area contributed by atoms with E-state index in [1.54, 1.807) is 25.1 Å². The molecule has 7 nitrogen and oxygen atoms in total. The van der Waals surface area contributed by atoms with Crippen molar-refractivity contribution in [3.63, 3.8) is 0 Å². The second-order valence-corrected chi connectivity index (χ2v) is 4.41. The Labute approximate surface area is 115 Å². The molecule has 0 fully saturated rings. The number of nitrogens with one attached hydrogen (secondary N) is 1. The average Bonchev–Trinajstić information content (AvgIpc) is 2.75. The molecule has 2 aromatic rings. The van der Waals surface area contributed by atoms with Crippen molar-refractivity contribution in [3.05, 3.63) is 24.1 Å². The Hall–Kier alpha value is -2.57. The van der Waals surface area contributed by atoms with Gasteiger partial charge in [-0.2, -0.15) is 0 Å². The minimum atomic E-state index is -0.941. The highest BCUT2D eigenvalue weighted by atomic mass is 16.4. The lowest BCUT2D eigenvalue weighted by Crippen LogP contribution is -2.33. The predicted molar refractivity (Wildman–Crippen MR) is 72.6 cm³/mol. The number of carboxylic acid groups (broad SMARTS) is 1. The number of rotatable bonds is 4. The lowest BCUT2D eigenvalue weighted by molar-refractivity contribution is -0.137. The number of carbonyl (C=O) groups is 2. The number of anilines is 1. The molecule has 0 aliphatic carbocycles.